The Labute approximate surface area is 95.5 Å². The maximum absolute atomic E-state index is 12.7. The number of hydrogen-bond donors (Lipinski definition) is 2. The van der Waals surface area contributed by atoms with Gasteiger partial charge >= 0.3 is 0 Å². The third-order valence-electron chi connectivity index (χ3n) is 3.24. The fraction of sp³-hybridized carbons (Fsp3) is 0.538. The van der Waals surface area contributed by atoms with Gasteiger partial charge in [0.05, 0.1) is 6.10 Å². The first-order valence-electron chi connectivity index (χ1n) is 5.89. The lowest BCUT2D eigenvalue weighted by molar-refractivity contribution is 0.0922. The zero-order chi connectivity index (χ0) is 11.4. The van der Waals surface area contributed by atoms with Gasteiger partial charge in [0, 0.05) is 6.54 Å². The average Bonchev–Trinajstić information content (AvgIpc) is 2.33. The number of rotatable bonds is 3. The minimum Gasteiger partial charge on any atom is -0.392 e. The van der Waals surface area contributed by atoms with Crippen molar-refractivity contribution in [3.8, 4) is 0 Å². The van der Waals surface area contributed by atoms with E-state index < -0.39 is 0 Å². The molecule has 0 radical (unpaired) electrons. The van der Waals surface area contributed by atoms with E-state index in [9.17, 15) is 9.50 Å². The summed E-state index contributed by atoms with van der Waals surface area (Å²) < 4.78 is 12.7. The third-order valence-corrected chi connectivity index (χ3v) is 3.24. The Kier molecular flexibility index (Phi) is 3.91. The zero-order valence-electron chi connectivity index (χ0n) is 9.32. The Morgan fingerprint density at radius 3 is 2.75 bits per heavy atom. The molecule has 2 rings (SSSR count). The summed E-state index contributed by atoms with van der Waals surface area (Å²) in [6, 6.07) is 6.38. The molecule has 0 spiro atoms. The Bertz CT molecular complexity index is 319. The minimum atomic E-state index is -0.321. The Balaban J connectivity index is 1.90. The second-order valence-electron chi connectivity index (χ2n) is 4.50. The molecule has 0 unspecified atom stereocenters. The van der Waals surface area contributed by atoms with Gasteiger partial charge in [0.1, 0.15) is 5.82 Å². The summed E-state index contributed by atoms with van der Waals surface area (Å²) in [6.07, 6.45) is 2.51. The highest BCUT2D eigenvalue weighted by Crippen LogP contribution is 2.18. The maximum atomic E-state index is 12.7. The summed E-state index contributed by atoms with van der Waals surface area (Å²) in [4.78, 5) is 0. The van der Waals surface area contributed by atoms with Gasteiger partial charge in [-0.15, -0.1) is 0 Å². The zero-order valence-corrected chi connectivity index (χ0v) is 9.32. The summed E-state index contributed by atoms with van der Waals surface area (Å²) in [7, 11) is 0. The van der Waals surface area contributed by atoms with Gasteiger partial charge in [0.15, 0.2) is 0 Å². The molecule has 88 valence electrons. The number of halogens is 1. The summed E-state index contributed by atoms with van der Waals surface area (Å²) in [5.74, 6) is 0.108. The molecule has 0 bridgehead atoms. The highest BCUT2D eigenvalue weighted by atomic mass is 19.1. The monoisotopic (exact) mass is 223 g/mol. The molecule has 0 amide bonds. The highest BCUT2D eigenvalue weighted by molar-refractivity contribution is 5.17. The smallest absolute Gasteiger partial charge is 0.123 e. The van der Waals surface area contributed by atoms with Gasteiger partial charge in [-0.3, -0.25) is 0 Å². The SMILES string of the molecule is O[C@H](Cc1ccc(F)cc1)[C@H]1CCCNC1. The van der Waals surface area contributed by atoms with Crippen LogP contribution in [-0.4, -0.2) is 24.3 Å². The fourth-order valence-corrected chi connectivity index (χ4v) is 2.24. The van der Waals surface area contributed by atoms with E-state index in [0.717, 1.165) is 31.5 Å². The number of nitrogens with one attached hydrogen (secondary N) is 1. The molecule has 1 saturated heterocycles. The van der Waals surface area contributed by atoms with Crippen LogP contribution in [0.15, 0.2) is 24.3 Å². The molecule has 1 aromatic carbocycles. The van der Waals surface area contributed by atoms with E-state index in [-0.39, 0.29) is 11.9 Å². The van der Waals surface area contributed by atoms with Crippen LogP contribution in [0.25, 0.3) is 0 Å². The van der Waals surface area contributed by atoms with Gasteiger partial charge in [0.25, 0.3) is 0 Å². The summed E-state index contributed by atoms with van der Waals surface area (Å²) in [6.45, 7) is 1.95. The molecule has 1 aliphatic rings. The van der Waals surface area contributed by atoms with Crippen LogP contribution < -0.4 is 5.32 Å². The van der Waals surface area contributed by atoms with Crippen LogP contribution in [0.5, 0.6) is 0 Å². The van der Waals surface area contributed by atoms with E-state index in [1.54, 1.807) is 12.1 Å². The van der Waals surface area contributed by atoms with Crippen LogP contribution in [0, 0.1) is 11.7 Å². The van der Waals surface area contributed by atoms with Crippen molar-refractivity contribution in [3.05, 3.63) is 35.6 Å². The Morgan fingerprint density at radius 2 is 2.12 bits per heavy atom. The van der Waals surface area contributed by atoms with E-state index in [1.165, 1.54) is 12.1 Å². The highest BCUT2D eigenvalue weighted by Gasteiger charge is 2.21. The molecule has 2 N–H and O–H groups in total. The summed E-state index contributed by atoms with van der Waals surface area (Å²) in [5, 5.41) is 13.4. The van der Waals surface area contributed by atoms with Gasteiger partial charge in [-0.1, -0.05) is 12.1 Å². The second kappa shape index (κ2) is 5.41. The molecule has 0 aromatic heterocycles. The maximum Gasteiger partial charge on any atom is 0.123 e. The molecule has 1 heterocycles. The van der Waals surface area contributed by atoms with E-state index in [4.69, 9.17) is 0 Å². The molecular formula is C13H18FNO. The predicted molar refractivity (Wildman–Crippen MR) is 61.7 cm³/mol. The van der Waals surface area contributed by atoms with Crippen LogP contribution in [0.4, 0.5) is 4.39 Å². The van der Waals surface area contributed by atoms with Crippen molar-refractivity contribution in [1.82, 2.24) is 5.32 Å². The van der Waals surface area contributed by atoms with Crippen molar-refractivity contribution in [2.75, 3.05) is 13.1 Å². The normalized spacial score (nSPS) is 23.0. The molecule has 0 saturated carbocycles. The van der Waals surface area contributed by atoms with E-state index in [0.29, 0.717) is 12.3 Å². The van der Waals surface area contributed by atoms with Gasteiger partial charge in [-0.05, 0) is 49.4 Å². The average molecular weight is 223 g/mol. The molecule has 0 aliphatic carbocycles. The molecular weight excluding hydrogens is 205 g/mol. The summed E-state index contributed by atoms with van der Waals surface area (Å²) >= 11 is 0. The lowest BCUT2D eigenvalue weighted by atomic mass is 9.90. The van der Waals surface area contributed by atoms with Crippen molar-refractivity contribution >= 4 is 0 Å². The summed E-state index contributed by atoms with van der Waals surface area (Å²) in [5.41, 5.74) is 1.000. The van der Waals surface area contributed by atoms with Crippen LogP contribution in [0.1, 0.15) is 18.4 Å². The number of hydrogen-bond acceptors (Lipinski definition) is 2. The van der Waals surface area contributed by atoms with Crippen molar-refractivity contribution < 1.29 is 9.50 Å². The number of aliphatic hydroxyl groups excluding tert-OH is 1. The molecule has 16 heavy (non-hydrogen) atoms. The number of aliphatic hydroxyl groups is 1. The van der Waals surface area contributed by atoms with Gasteiger partial charge in [-0.2, -0.15) is 0 Å². The van der Waals surface area contributed by atoms with Gasteiger partial charge in [0.2, 0.25) is 0 Å². The first-order valence-corrected chi connectivity index (χ1v) is 5.89. The third kappa shape index (κ3) is 3.03. The van der Waals surface area contributed by atoms with Crippen LogP contribution in [0.2, 0.25) is 0 Å². The van der Waals surface area contributed by atoms with E-state index in [2.05, 4.69) is 5.32 Å². The molecule has 1 fully saturated rings. The molecule has 1 aliphatic heterocycles. The first kappa shape index (κ1) is 11.6. The van der Waals surface area contributed by atoms with Crippen molar-refractivity contribution in [2.45, 2.75) is 25.4 Å². The standard InChI is InChI=1S/C13H18FNO/c14-12-5-3-10(4-6-12)8-13(16)11-2-1-7-15-9-11/h3-6,11,13,15-16H,1-2,7-9H2/t11-,13+/m0/s1. The van der Waals surface area contributed by atoms with Crippen LogP contribution in [0.3, 0.4) is 0 Å². The van der Waals surface area contributed by atoms with E-state index in [1.807, 2.05) is 0 Å². The van der Waals surface area contributed by atoms with Gasteiger partial charge in [-0.25, -0.2) is 4.39 Å². The Hall–Kier alpha value is -0.930. The fourth-order valence-electron chi connectivity index (χ4n) is 2.24. The first-order chi connectivity index (χ1) is 7.75. The van der Waals surface area contributed by atoms with Crippen LogP contribution in [-0.2, 0) is 6.42 Å². The minimum absolute atomic E-state index is 0.224. The van der Waals surface area contributed by atoms with E-state index >= 15 is 0 Å². The molecule has 2 nitrogen and oxygen atoms in total. The number of benzene rings is 1. The topological polar surface area (TPSA) is 32.3 Å². The lowest BCUT2D eigenvalue weighted by Gasteiger charge is -2.27. The largest absolute Gasteiger partial charge is 0.392 e. The van der Waals surface area contributed by atoms with Crippen molar-refractivity contribution in [3.63, 3.8) is 0 Å². The molecule has 3 heteroatoms. The van der Waals surface area contributed by atoms with Crippen LogP contribution >= 0.6 is 0 Å². The molecule has 1 aromatic rings. The predicted octanol–water partition coefficient (Wildman–Crippen LogP) is 1.73. The number of piperidine rings is 1. The molecule has 2 atom stereocenters. The lowest BCUT2D eigenvalue weighted by Crippen LogP contribution is -2.37. The van der Waals surface area contributed by atoms with Gasteiger partial charge < -0.3 is 10.4 Å². The Morgan fingerprint density at radius 1 is 1.38 bits per heavy atom. The van der Waals surface area contributed by atoms with Crippen molar-refractivity contribution in [2.24, 2.45) is 5.92 Å². The quantitative estimate of drug-likeness (QED) is 0.818. The second-order valence-corrected chi connectivity index (χ2v) is 4.50. The van der Waals surface area contributed by atoms with Crippen molar-refractivity contribution in [1.29, 1.82) is 0 Å².